The molecule has 0 aliphatic heterocycles. The number of nitrogens with zero attached hydrogens (tertiary/aromatic N) is 1. The molecule has 0 aliphatic rings. The second-order valence-corrected chi connectivity index (χ2v) is 9.20. The molecule has 10 heteroatoms. The van der Waals surface area contributed by atoms with Crippen molar-refractivity contribution in [1.82, 2.24) is 9.03 Å². The van der Waals surface area contributed by atoms with Crippen molar-refractivity contribution in [2.75, 3.05) is 20.6 Å². The molecule has 128 valence electrons. The molecule has 0 radical (unpaired) electrons. The Morgan fingerprint density at radius 2 is 1.55 bits per heavy atom. The summed E-state index contributed by atoms with van der Waals surface area (Å²) in [5.41, 5.74) is 4.63. The first-order chi connectivity index (χ1) is 9.44. The van der Waals surface area contributed by atoms with Gasteiger partial charge >= 0.3 is 0 Å². The minimum atomic E-state index is -4.01. The van der Waals surface area contributed by atoms with Crippen molar-refractivity contribution >= 4 is 32.5 Å². The van der Waals surface area contributed by atoms with Gasteiger partial charge in [0.25, 0.3) is 0 Å². The Bertz CT molecular complexity index is 716. The van der Waals surface area contributed by atoms with Crippen LogP contribution in [0.1, 0.15) is 13.8 Å². The van der Waals surface area contributed by atoms with E-state index < -0.39 is 25.6 Å². The van der Waals surface area contributed by atoms with E-state index in [2.05, 4.69) is 4.72 Å². The van der Waals surface area contributed by atoms with Crippen molar-refractivity contribution in [2.45, 2.75) is 29.2 Å². The zero-order chi connectivity index (χ0) is 16.5. The fraction of sp³-hybridized carbons (Fsp3) is 0.500. The van der Waals surface area contributed by atoms with Gasteiger partial charge in [0.15, 0.2) is 0 Å². The monoisotopic (exact) mass is 371 g/mol. The Kier molecular flexibility index (Phi) is 7.01. The van der Waals surface area contributed by atoms with Crippen LogP contribution in [0.4, 0.5) is 0 Å². The van der Waals surface area contributed by atoms with Crippen molar-refractivity contribution < 1.29 is 16.8 Å². The third-order valence-corrected chi connectivity index (χ3v) is 6.58. The summed E-state index contributed by atoms with van der Waals surface area (Å²) in [6.07, 6.45) is 0. The molecule has 0 spiro atoms. The Hall–Kier alpha value is -0.710. The molecule has 0 bridgehead atoms. The van der Waals surface area contributed by atoms with Gasteiger partial charge in [0.05, 0.1) is 0 Å². The average molecular weight is 372 g/mol. The van der Waals surface area contributed by atoms with Crippen LogP contribution in [-0.4, -0.2) is 47.3 Å². The Labute approximate surface area is 138 Å². The summed E-state index contributed by atoms with van der Waals surface area (Å²) in [5.74, 6) is 0. The van der Waals surface area contributed by atoms with Crippen molar-refractivity contribution in [1.29, 1.82) is 0 Å². The second kappa shape index (κ2) is 7.24. The molecular weight excluding hydrogens is 350 g/mol. The number of hydrogen-bond acceptors (Lipinski definition) is 5. The Balaban J connectivity index is 0.00000441. The molecule has 1 aromatic carbocycles. The minimum absolute atomic E-state index is 0. The van der Waals surface area contributed by atoms with E-state index in [0.717, 1.165) is 4.31 Å². The molecule has 0 heterocycles. The molecule has 22 heavy (non-hydrogen) atoms. The molecule has 0 amide bonds. The fourth-order valence-electron chi connectivity index (χ4n) is 1.54. The quantitative estimate of drug-likeness (QED) is 0.750. The van der Waals surface area contributed by atoms with Crippen LogP contribution >= 0.6 is 12.4 Å². The lowest BCUT2D eigenvalue weighted by Gasteiger charge is -2.25. The van der Waals surface area contributed by atoms with Gasteiger partial charge in [-0.2, -0.15) is 0 Å². The van der Waals surface area contributed by atoms with E-state index >= 15 is 0 Å². The van der Waals surface area contributed by atoms with Gasteiger partial charge in [0, 0.05) is 26.2 Å². The number of halogens is 1. The van der Waals surface area contributed by atoms with Crippen LogP contribution < -0.4 is 10.5 Å². The van der Waals surface area contributed by atoms with E-state index in [4.69, 9.17) is 5.73 Å². The largest absolute Gasteiger partial charge is 0.329 e. The molecule has 0 unspecified atom stereocenters. The molecule has 0 aromatic heterocycles. The molecule has 3 N–H and O–H groups in total. The highest BCUT2D eigenvalue weighted by Gasteiger charge is 2.31. The zero-order valence-electron chi connectivity index (χ0n) is 12.9. The third kappa shape index (κ3) is 4.64. The third-order valence-electron chi connectivity index (χ3n) is 2.82. The first kappa shape index (κ1) is 21.3. The molecule has 0 atom stereocenters. The highest BCUT2D eigenvalue weighted by molar-refractivity contribution is 7.92. The first-order valence-corrected chi connectivity index (χ1v) is 9.12. The van der Waals surface area contributed by atoms with E-state index in [1.807, 2.05) is 0 Å². The summed E-state index contributed by atoms with van der Waals surface area (Å²) in [7, 11) is -5.20. The first-order valence-electron chi connectivity index (χ1n) is 6.20. The van der Waals surface area contributed by atoms with Crippen molar-refractivity contribution in [2.24, 2.45) is 5.73 Å². The molecule has 1 rings (SSSR count). The maximum atomic E-state index is 12.4. The maximum Gasteiger partial charge on any atom is 0.243 e. The smallest absolute Gasteiger partial charge is 0.243 e. The van der Waals surface area contributed by atoms with Crippen LogP contribution in [-0.2, 0) is 20.0 Å². The predicted octanol–water partition coefficient (Wildman–Crippen LogP) is 0.374. The van der Waals surface area contributed by atoms with Gasteiger partial charge in [-0.05, 0) is 26.0 Å². The molecule has 0 fully saturated rings. The normalized spacial score (nSPS) is 13.0. The van der Waals surface area contributed by atoms with Crippen LogP contribution in [0.25, 0.3) is 0 Å². The van der Waals surface area contributed by atoms with Crippen LogP contribution in [0.5, 0.6) is 0 Å². The summed E-state index contributed by atoms with van der Waals surface area (Å²) in [4.78, 5) is -0.560. The van der Waals surface area contributed by atoms with Crippen LogP contribution in [0, 0.1) is 0 Å². The molecule has 1 aromatic rings. The molecule has 0 aliphatic carbocycles. The Morgan fingerprint density at radius 1 is 1.09 bits per heavy atom. The van der Waals surface area contributed by atoms with Crippen molar-refractivity contribution in [3.63, 3.8) is 0 Å². The molecule has 0 saturated heterocycles. The van der Waals surface area contributed by atoms with Gasteiger partial charge in [-0.15, -0.1) is 12.4 Å². The van der Waals surface area contributed by atoms with Crippen molar-refractivity contribution in [3.8, 4) is 0 Å². The highest BCUT2D eigenvalue weighted by atomic mass is 35.5. The number of nitrogens with two attached hydrogens (primary N) is 1. The molecular formula is C12H22ClN3O4S2. The van der Waals surface area contributed by atoms with Gasteiger partial charge in [-0.1, -0.05) is 12.1 Å². The second-order valence-electron chi connectivity index (χ2n) is 5.43. The van der Waals surface area contributed by atoms with Gasteiger partial charge in [0.2, 0.25) is 20.0 Å². The van der Waals surface area contributed by atoms with Crippen molar-refractivity contribution in [3.05, 3.63) is 24.3 Å². The van der Waals surface area contributed by atoms with Gasteiger partial charge < -0.3 is 5.73 Å². The highest BCUT2D eigenvalue weighted by Crippen LogP contribution is 2.23. The SMILES string of the molecule is CN(C)S(=O)(=O)c1ccccc1S(=O)(=O)NC(C)(C)CN.Cl. The maximum absolute atomic E-state index is 12.4. The minimum Gasteiger partial charge on any atom is -0.329 e. The van der Waals surface area contributed by atoms with E-state index in [9.17, 15) is 16.8 Å². The standard InChI is InChI=1S/C12H21N3O4S2.ClH/c1-12(2,9-13)14-20(16,17)10-7-5-6-8-11(10)21(18,19)15(3)4;/h5-8,14H,9,13H2,1-4H3;1H. The number of sulfonamides is 2. The zero-order valence-corrected chi connectivity index (χ0v) is 15.3. The number of rotatable bonds is 6. The van der Waals surface area contributed by atoms with Crippen LogP contribution in [0.15, 0.2) is 34.1 Å². The summed E-state index contributed by atoms with van der Waals surface area (Å²) < 4.78 is 52.8. The predicted molar refractivity (Wildman–Crippen MR) is 88.0 cm³/mol. The number of benzene rings is 1. The number of nitrogens with one attached hydrogen (secondary N) is 1. The topological polar surface area (TPSA) is 110 Å². The summed E-state index contributed by atoms with van der Waals surface area (Å²) in [6.45, 7) is 3.32. The molecule has 0 saturated carbocycles. The molecule has 7 nitrogen and oxygen atoms in total. The summed E-state index contributed by atoms with van der Waals surface area (Å²) in [6, 6.07) is 5.47. The van der Waals surface area contributed by atoms with E-state index in [1.165, 1.54) is 38.4 Å². The average Bonchev–Trinajstić information content (AvgIpc) is 2.37. The van der Waals surface area contributed by atoms with E-state index in [-0.39, 0.29) is 28.7 Å². The van der Waals surface area contributed by atoms with Gasteiger partial charge in [-0.25, -0.2) is 25.9 Å². The van der Waals surface area contributed by atoms with E-state index in [1.54, 1.807) is 13.8 Å². The van der Waals surface area contributed by atoms with Crippen LogP contribution in [0.2, 0.25) is 0 Å². The lowest BCUT2D eigenvalue weighted by molar-refractivity contribution is 0.461. The van der Waals surface area contributed by atoms with E-state index in [0.29, 0.717) is 0 Å². The van der Waals surface area contributed by atoms with Crippen LogP contribution in [0.3, 0.4) is 0 Å². The van der Waals surface area contributed by atoms with Gasteiger partial charge in [-0.3, -0.25) is 0 Å². The number of hydrogen-bond donors (Lipinski definition) is 2. The lowest BCUT2D eigenvalue weighted by Crippen LogP contribution is -2.49. The lowest BCUT2D eigenvalue weighted by atomic mass is 10.1. The summed E-state index contributed by atoms with van der Waals surface area (Å²) in [5, 5.41) is 0. The fourth-order valence-corrected chi connectivity index (χ4v) is 4.67. The summed E-state index contributed by atoms with van der Waals surface area (Å²) >= 11 is 0. The Morgan fingerprint density at radius 3 is 1.95 bits per heavy atom. The van der Waals surface area contributed by atoms with Gasteiger partial charge in [0.1, 0.15) is 9.79 Å².